The Morgan fingerprint density at radius 2 is 1.93 bits per heavy atom. The first-order chi connectivity index (χ1) is 13.2. The Morgan fingerprint density at radius 3 is 2.63 bits per heavy atom. The predicted octanol–water partition coefficient (Wildman–Crippen LogP) is 2.99. The smallest absolute Gasteiger partial charge is 0.225 e. The molecule has 2 heterocycles. The van der Waals surface area contributed by atoms with Crippen molar-refractivity contribution < 1.29 is 14.3 Å². The van der Waals surface area contributed by atoms with Crippen LogP contribution in [0.2, 0.25) is 0 Å². The highest BCUT2D eigenvalue weighted by atomic mass is 16.5. The van der Waals surface area contributed by atoms with Crippen molar-refractivity contribution in [1.29, 1.82) is 0 Å². The maximum Gasteiger partial charge on any atom is 0.225 e. The average Bonchev–Trinajstić information content (AvgIpc) is 3.14. The van der Waals surface area contributed by atoms with Gasteiger partial charge in [0, 0.05) is 38.6 Å². The molecule has 0 bridgehead atoms. The van der Waals surface area contributed by atoms with Crippen LogP contribution in [0.25, 0.3) is 0 Å². The van der Waals surface area contributed by atoms with Gasteiger partial charge < -0.3 is 14.5 Å². The Hall–Kier alpha value is -1.88. The van der Waals surface area contributed by atoms with Gasteiger partial charge >= 0.3 is 0 Å². The largest absolute Gasteiger partial charge is 0.379 e. The first-order valence-corrected chi connectivity index (χ1v) is 10.4. The summed E-state index contributed by atoms with van der Waals surface area (Å²) < 4.78 is 5.75. The van der Waals surface area contributed by atoms with E-state index in [1.54, 1.807) is 0 Å². The van der Waals surface area contributed by atoms with Gasteiger partial charge in [0.2, 0.25) is 11.8 Å². The van der Waals surface area contributed by atoms with Gasteiger partial charge in [-0.05, 0) is 24.8 Å². The number of hydrogen-bond donors (Lipinski definition) is 0. The molecule has 3 fully saturated rings. The zero-order valence-electron chi connectivity index (χ0n) is 16.1. The lowest BCUT2D eigenvalue weighted by molar-refractivity contribution is -0.140. The van der Waals surface area contributed by atoms with Crippen molar-refractivity contribution in [1.82, 2.24) is 9.80 Å². The first-order valence-electron chi connectivity index (χ1n) is 10.4. The minimum absolute atomic E-state index is 0.142. The van der Waals surface area contributed by atoms with Gasteiger partial charge in [0.1, 0.15) is 0 Å². The van der Waals surface area contributed by atoms with E-state index in [2.05, 4.69) is 12.1 Å². The van der Waals surface area contributed by atoms with E-state index in [1.807, 2.05) is 28.0 Å². The summed E-state index contributed by atoms with van der Waals surface area (Å²) >= 11 is 0. The Morgan fingerprint density at radius 1 is 1.15 bits per heavy atom. The van der Waals surface area contributed by atoms with Crippen LogP contribution in [0.3, 0.4) is 0 Å². The van der Waals surface area contributed by atoms with Gasteiger partial charge in [-0.1, -0.05) is 49.6 Å². The van der Waals surface area contributed by atoms with Crippen molar-refractivity contribution >= 4 is 11.8 Å². The number of carbonyl (C=O) groups excluding carboxylic acids is 2. The number of amides is 2. The molecule has 1 aromatic rings. The number of benzene rings is 1. The van der Waals surface area contributed by atoms with E-state index in [4.69, 9.17) is 4.74 Å². The van der Waals surface area contributed by atoms with E-state index >= 15 is 0 Å². The van der Waals surface area contributed by atoms with Gasteiger partial charge in [-0.3, -0.25) is 9.59 Å². The molecular weight excluding hydrogens is 340 g/mol. The van der Waals surface area contributed by atoms with E-state index in [1.165, 1.54) is 6.42 Å². The van der Waals surface area contributed by atoms with Gasteiger partial charge in [-0.25, -0.2) is 0 Å². The summed E-state index contributed by atoms with van der Waals surface area (Å²) in [5, 5.41) is 0. The third-order valence-electron chi connectivity index (χ3n) is 6.49. The van der Waals surface area contributed by atoms with Crippen LogP contribution >= 0.6 is 0 Å². The molecule has 3 aliphatic rings. The Balaban J connectivity index is 1.56. The average molecular weight is 370 g/mol. The second kappa shape index (κ2) is 8.01. The fourth-order valence-corrected chi connectivity index (χ4v) is 4.90. The summed E-state index contributed by atoms with van der Waals surface area (Å²) in [7, 11) is 0. The fourth-order valence-electron chi connectivity index (χ4n) is 4.90. The molecule has 0 radical (unpaired) electrons. The molecule has 1 saturated carbocycles. The zero-order valence-corrected chi connectivity index (χ0v) is 16.1. The maximum atomic E-state index is 13.2. The SMILES string of the molecule is O=C(C1CCCCC1)N1CCC(=O)N(Cc2ccccc2)C2(CCOC2)C1. The number of hydrogen-bond acceptors (Lipinski definition) is 3. The van der Waals surface area contributed by atoms with E-state index in [0.29, 0.717) is 39.3 Å². The molecule has 1 aliphatic carbocycles. The van der Waals surface area contributed by atoms with Crippen LogP contribution in [0.15, 0.2) is 30.3 Å². The molecule has 2 saturated heterocycles. The van der Waals surface area contributed by atoms with Crippen molar-refractivity contribution in [2.24, 2.45) is 5.92 Å². The lowest BCUT2D eigenvalue weighted by Crippen LogP contribution is -2.56. The van der Waals surface area contributed by atoms with Crippen LogP contribution < -0.4 is 0 Å². The molecule has 1 atom stereocenters. The summed E-state index contributed by atoms with van der Waals surface area (Å²) in [5.41, 5.74) is 0.748. The molecule has 0 aromatic heterocycles. The number of rotatable bonds is 3. The molecule has 5 nitrogen and oxygen atoms in total. The summed E-state index contributed by atoms with van der Waals surface area (Å²) in [6.07, 6.45) is 6.76. The van der Waals surface area contributed by atoms with Crippen molar-refractivity contribution in [3.8, 4) is 0 Å². The molecular formula is C22H30N2O3. The normalized spacial score (nSPS) is 27.2. The summed E-state index contributed by atoms with van der Waals surface area (Å²) in [4.78, 5) is 30.2. The van der Waals surface area contributed by atoms with E-state index in [-0.39, 0.29) is 23.3 Å². The van der Waals surface area contributed by atoms with Crippen LogP contribution in [-0.4, -0.2) is 53.5 Å². The number of nitrogens with zero attached hydrogens (tertiary/aromatic N) is 2. The molecule has 4 rings (SSSR count). The molecule has 2 aliphatic heterocycles. The molecule has 2 amide bonds. The van der Waals surface area contributed by atoms with Gasteiger partial charge in [0.05, 0.1) is 12.1 Å². The molecule has 1 spiro atoms. The minimum atomic E-state index is -0.381. The van der Waals surface area contributed by atoms with Gasteiger partial charge in [-0.15, -0.1) is 0 Å². The highest BCUT2D eigenvalue weighted by Crippen LogP contribution is 2.34. The first kappa shape index (κ1) is 18.5. The molecule has 0 N–H and O–H groups in total. The van der Waals surface area contributed by atoms with Gasteiger partial charge in [-0.2, -0.15) is 0 Å². The Bertz CT molecular complexity index is 663. The highest BCUT2D eigenvalue weighted by Gasteiger charge is 2.47. The monoisotopic (exact) mass is 370 g/mol. The number of ether oxygens (including phenoxy) is 1. The van der Waals surface area contributed by atoms with Crippen LogP contribution in [0, 0.1) is 5.92 Å². The predicted molar refractivity (Wildman–Crippen MR) is 103 cm³/mol. The molecule has 146 valence electrons. The Kier molecular flexibility index (Phi) is 5.48. The topological polar surface area (TPSA) is 49.9 Å². The van der Waals surface area contributed by atoms with Crippen molar-refractivity contribution in [2.45, 2.75) is 57.0 Å². The van der Waals surface area contributed by atoms with Crippen molar-refractivity contribution in [2.75, 3.05) is 26.3 Å². The minimum Gasteiger partial charge on any atom is -0.379 e. The number of carbonyl (C=O) groups is 2. The van der Waals surface area contributed by atoms with Crippen molar-refractivity contribution in [3.63, 3.8) is 0 Å². The third-order valence-corrected chi connectivity index (χ3v) is 6.49. The van der Waals surface area contributed by atoms with Crippen LogP contribution in [0.5, 0.6) is 0 Å². The summed E-state index contributed by atoms with van der Waals surface area (Å²) in [5.74, 6) is 0.549. The summed E-state index contributed by atoms with van der Waals surface area (Å²) in [6, 6.07) is 10.1. The quantitative estimate of drug-likeness (QED) is 0.822. The zero-order chi connectivity index (χ0) is 18.7. The van der Waals surface area contributed by atoms with E-state index in [9.17, 15) is 9.59 Å². The van der Waals surface area contributed by atoms with E-state index < -0.39 is 0 Å². The lowest BCUT2D eigenvalue weighted by atomic mass is 9.87. The summed E-state index contributed by atoms with van der Waals surface area (Å²) in [6.45, 7) is 2.93. The fraction of sp³-hybridized carbons (Fsp3) is 0.636. The van der Waals surface area contributed by atoms with Crippen molar-refractivity contribution in [3.05, 3.63) is 35.9 Å². The molecule has 1 aromatic carbocycles. The highest BCUT2D eigenvalue weighted by molar-refractivity contribution is 5.82. The Labute approximate surface area is 161 Å². The van der Waals surface area contributed by atoms with Crippen LogP contribution in [-0.2, 0) is 20.9 Å². The van der Waals surface area contributed by atoms with E-state index in [0.717, 1.165) is 37.7 Å². The maximum absolute atomic E-state index is 13.2. The van der Waals surface area contributed by atoms with Gasteiger partial charge in [0.25, 0.3) is 0 Å². The van der Waals surface area contributed by atoms with Gasteiger partial charge in [0.15, 0.2) is 0 Å². The second-order valence-electron chi connectivity index (χ2n) is 8.34. The van der Waals surface area contributed by atoms with Crippen LogP contribution in [0.4, 0.5) is 0 Å². The lowest BCUT2D eigenvalue weighted by Gasteiger charge is -2.41. The standard InChI is InChI=1S/C22H30N2O3/c25-20-11-13-23(21(26)19-9-5-2-6-10-19)16-22(12-14-27-17-22)24(20)15-18-7-3-1-4-8-18/h1,3-4,7-8,19H,2,5-6,9-17H2. The van der Waals surface area contributed by atoms with Crippen LogP contribution in [0.1, 0.15) is 50.5 Å². The molecule has 27 heavy (non-hydrogen) atoms. The third kappa shape index (κ3) is 3.88. The molecule has 5 heteroatoms. The molecule has 1 unspecified atom stereocenters. The second-order valence-corrected chi connectivity index (χ2v) is 8.34.